The second-order valence-electron chi connectivity index (χ2n) is 2.99. The van der Waals surface area contributed by atoms with Crippen LogP contribution in [0.25, 0.3) is 0 Å². The number of halogens is 2. The van der Waals surface area contributed by atoms with Crippen molar-refractivity contribution >= 4 is 49.9 Å². The molecule has 0 fully saturated rings. The summed E-state index contributed by atoms with van der Waals surface area (Å²) in [5.74, 6) is -0.479. The van der Waals surface area contributed by atoms with Gasteiger partial charge in [0.15, 0.2) is 0 Å². The first-order valence-corrected chi connectivity index (χ1v) is 5.88. The number of esters is 1. The van der Waals surface area contributed by atoms with E-state index in [4.69, 9.17) is 0 Å². The Hall–Kier alpha value is -0.880. The molecule has 1 rings (SSSR count). The maximum atomic E-state index is 11.5. The van der Waals surface area contributed by atoms with Gasteiger partial charge in [0.1, 0.15) is 0 Å². The normalized spacial score (nSPS) is 9.75. The van der Waals surface area contributed by atoms with E-state index in [1.165, 1.54) is 7.11 Å². The Balaban J connectivity index is 3.44. The number of anilines is 1. The lowest BCUT2D eigenvalue weighted by atomic mass is 10.1. The number of hydrogen-bond donors (Lipinski definition) is 1. The average Bonchev–Trinajstić information content (AvgIpc) is 2.23. The highest BCUT2D eigenvalue weighted by atomic mass is 79.9. The maximum absolute atomic E-state index is 11.5. The molecule has 0 radical (unpaired) electrons. The van der Waals surface area contributed by atoms with Crippen molar-refractivity contribution in [3.8, 4) is 0 Å². The van der Waals surface area contributed by atoms with Crippen LogP contribution in [0.1, 0.15) is 15.9 Å². The third-order valence-electron chi connectivity index (χ3n) is 2.01. The standard InChI is InChI=1S/C10H9Br2NO3/c1-5-3-6(11)7(10(15)16-2)8(12)9(5)13-4-14/h3-4H,1-2H3,(H,13,14). The number of benzene rings is 1. The zero-order valence-electron chi connectivity index (χ0n) is 8.64. The Morgan fingerprint density at radius 1 is 1.50 bits per heavy atom. The Morgan fingerprint density at radius 2 is 2.12 bits per heavy atom. The lowest BCUT2D eigenvalue weighted by Gasteiger charge is -2.12. The molecule has 1 aromatic carbocycles. The minimum absolute atomic E-state index is 0.345. The monoisotopic (exact) mass is 349 g/mol. The molecule has 0 spiro atoms. The predicted octanol–water partition coefficient (Wildman–Crippen LogP) is 2.87. The molecule has 0 heterocycles. The average molecular weight is 351 g/mol. The molecule has 6 heteroatoms. The van der Waals surface area contributed by atoms with Crippen LogP contribution >= 0.6 is 31.9 Å². The predicted molar refractivity (Wildman–Crippen MR) is 67.6 cm³/mol. The molecule has 0 aromatic heterocycles. The van der Waals surface area contributed by atoms with Crippen LogP contribution in [0.5, 0.6) is 0 Å². The van der Waals surface area contributed by atoms with Crippen LogP contribution in [0, 0.1) is 6.92 Å². The number of rotatable bonds is 3. The zero-order chi connectivity index (χ0) is 12.3. The first kappa shape index (κ1) is 13.2. The Kier molecular flexibility index (Phi) is 4.49. The zero-order valence-corrected chi connectivity index (χ0v) is 11.8. The summed E-state index contributed by atoms with van der Waals surface area (Å²) >= 11 is 6.55. The van der Waals surface area contributed by atoms with Crippen molar-refractivity contribution in [2.75, 3.05) is 12.4 Å². The molecule has 0 atom stereocenters. The summed E-state index contributed by atoms with van der Waals surface area (Å²) in [6.07, 6.45) is 0.558. The van der Waals surface area contributed by atoms with E-state index in [0.29, 0.717) is 26.6 Å². The molecule has 1 N–H and O–H groups in total. The van der Waals surface area contributed by atoms with Crippen molar-refractivity contribution in [3.05, 3.63) is 26.1 Å². The highest BCUT2D eigenvalue weighted by Crippen LogP contribution is 2.35. The molecule has 0 aliphatic carbocycles. The van der Waals surface area contributed by atoms with E-state index >= 15 is 0 Å². The molecule has 0 aliphatic heterocycles. The van der Waals surface area contributed by atoms with Crippen molar-refractivity contribution in [3.63, 3.8) is 0 Å². The molecule has 0 aliphatic rings. The quantitative estimate of drug-likeness (QED) is 0.673. The summed E-state index contributed by atoms with van der Waals surface area (Å²) in [5, 5.41) is 2.53. The van der Waals surface area contributed by atoms with Gasteiger partial charge in [-0.25, -0.2) is 4.79 Å². The number of ether oxygens (including phenoxy) is 1. The van der Waals surface area contributed by atoms with Gasteiger partial charge in [-0.15, -0.1) is 0 Å². The van der Waals surface area contributed by atoms with Gasteiger partial charge in [0, 0.05) is 4.47 Å². The summed E-state index contributed by atoms with van der Waals surface area (Å²) in [6, 6.07) is 1.74. The van der Waals surface area contributed by atoms with Gasteiger partial charge < -0.3 is 10.1 Å². The molecule has 1 aromatic rings. The smallest absolute Gasteiger partial charge is 0.340 e. The van der Waals surface area contributed by atoms with E-state index in [1.807, 2.05) is 6.92 Å². The number of hydrogen-bond acceptors (Lipinski definition) is 3. The molecular formula is C10H9Br2NO3. The lowest BCUT2D eigenvalue weighted by Crippen LogP contribution is -2.07. The number of nitrogens with one attached hydrogen (secondary N) is 1. The van der Waals surface area contributed by atoms with E-state index in [1.54, 1.807) is 6.07 Å². The number of aryl methyl sites for hydroxylation is 1. The number of methoxy groups -OCH3 is 1. The fourth-order valence-electron chi connectivity index (χ4n) is 1.26. The molecule has 1 amide bonds. The number of carbonyl (C=O) groups is 2. The van der Waals surface area contributed by atoms with Gasteiger partial charge in [0.25, 0.3) is 0 Å². The van der Waals surface area contributed by atoms with Gasteiger partial charge in [-0.3, -0.25) is 4.79 Å². The molecule has 16 heavy (non-hydrogen) atoms. The van der Waals surface area contributed by atoms with Crippen LogP contribution in [0.4, 0.5) is 5.69 Å². The molecule has 0 bridgehead atoms. The summed E-state index contributed by atoms with van der Waals surface area (Å²) in [5.41, 5.74) is 1.73. The van der Waals surface area contributed by atoms with Crippen LogP contribution < -0.4 is 5.32 Å². The summed E-state index contributed by atoms with van der Waals surface area (Å²) < 4.78 is 5.77. The topological polar surface area (TPSA) is 55.4 Å². The fourth-order valence-corrected chi connectivity index (χ4v) is 3.03. The van der Waals surface area contributed by atoms with Gasteiger partial charge in [0.05, 0.1) is 22.8 Å². The molecular weight excluding hydrogens is 342 g/mol. The summed E-state index contributed by atoms with van der Waals surface area (Å²) in [6.45, 7) is 1.82. The summed E-state index contributed by atoms with van der Waals surface area (Å²) in [4.78, 5) is 22.0. The number of amides is 1. The van der Waals surface area contributed by atoms with Crippen molar-refractivity contribution in [1.82, 2.24) is 0 Å². The van der Waals surface area contributed by atoms with Crippen molar-refractivity contribution in [2.24, 2.45) is 0 Å². The second kappa shape index (κ2) is 5.45. The molecule has 0 saturated heterocycles. The van der Waals surface area contributed by atoms with Crippen molar-refractivity contribution in [1.29, 1.82) is 0 Å². The Bertz CT molecular complexity index is 446. The molecule has 4 nitrogen and oxygen atoms in total. The van der Waals surface area contributed by atoms with Crippen LogP contribution in [0.15, 0.2) is 15.0 Å². The minimum atomic E-state index is -0.479. The van der Waals surface area contributed by atoms with Gasteiger partial charge in [-0.1, -0.05) is 0 Å². The fraction of sp³-hybridized carbons (Fsp3) is 0.200. The SMILES string of the molecule is COC(=O)c1c(Br)cc(C)c(NC=O)c1Br. The molecule has 86 valence electrons. The van der Waals surface area contributed by atoms with E-state index in [0.717, 1.165) is 5.56 Å². The van der Waals surface area contributed by atoms with Crippen LogP contribution in [0.3, 0.4) is 0 Å². The highest BCUT2D eigenvalue weighted by molar-refractivity contribution is 9.11. The lowest BCUT2D eigenvalue weighted by molar-refractivity contribution is -0.105. The van der Waals surface area contributed by atoms with Crippen LogP contribution in [-0.2, 0) is 9.53 Å². The minimum Gasteiger partial charge on any atom is -0.465 e. The number of carbonyl (C=O) groups excluding carboxylic acids is 2. The van der Waals surface area contributed by atoms with Crippen molar-refractivity contribution in [2.45, 2.75) is 6.92 Å². The largest absolute Gasteiger partial charge is 0.465 e. The second-order valence-corrected chi connectivity index (χ2v) is 4.64. The first-order chi connectivity index (χ1) is 7.52. The summed E-state index contributed by atoms with van der Waals surface area (Å²) in [7, 11) is 1.30. The third-order valence-corrected chi connectivity index (χ3v) is 3.43. The molecule has 0 saturated carbocycles. The molecule has 0 unspecified atom stereocenters. The van der Waals surface area contributed by atoms with Gasteiger partial charge in [-0.05, 0) is 50.4 Å². The van der Waals surface area contributed by atoms with Gasteiger partial charge in [0.2, 0.25) is 6.41 Å². The van der Waals surface area contributed by atoms with Gasteiger partial charge in [-0.2, -0.15) is 0 Å². The van der Waals surface area contributed by atoms with E-state index in [-0.39, 0.29) is 0 Å². The van der Waals surface area contributed by atoms with E-state index < -0.39 is 5.97 Å². The Labute approximate surface area is 110 Å². The van der Waals surface area contributed by atoms with Crippen LogP contribution in [-0.4, -0.2) is 19.5 Å². The van der Waals surface area contributed by atoms with Gasteiger partial charge >= 0.3 is 5.97 Å². The Morgan fingerprint density at radius 3 is 2.62 bits per heavy atom. The maximum Gasteiger partial charge on any atom is 0.340 e. The first-order valence-electron chi connectivity index (χ1n) is 4.30. The highest BCUT2D eigenvalue weighted by Gasteiger charge is 2.19. The van der Waals surface area contributed by atoms with E-state index in [2.05, 4.69) is 41.9 Å². The third kappa shape index (κ3) is 2.44. The van der Waals surface area contributed by atoms with Crippen LogP contribution in [0.2, 0.25) is 0 Å². The van der Waals surface area contributed by atoms with Crippen molar-refractivity contribution < 1.29 is 14.3 Å². The van der Waals surface area contributed by atoms with E-state index in [9.17, 15) is 9.59 Å².